The molecule has 0 saturated carbocycles. The molecule has 1 atom stereocenters. The number of carbonyl (C=O) groups excluding carboxylic acids is 3. The fraction of sp³-hybridized carbons (Fsp3) is 0.314. The van der Waals surface area contributed by atoms with Crippen LogP contribution in [0.2, 0.25) is 10.0 Å². The number of carbonyl (C=O) groups is 3. The van der Waals surface area contributed by atoms with Crippen molar-refractivity contribution >= 4 is 41.5 Å². The third kappa shape index (κ3) is 7.69. The summed E-state index contributed by atoms with van der Waals surface area (Å²) in [6.45, 7) is 5.65. The Bertz CT molecular complexity index is 1860. The summed E-state index contributed by atoms with van der Waals surface area (Å²) in [5, 5.41) is 3.69. The molecule has 13 heteroatoms. The summed E-state index contributed by atoms with van der Waals surface area (Å²) in [7, 11) is 2.92. The topological polar surface area (TPSA) is 133 Å². The molecular weight excluding hydrogens is 657 g/mol. The van der Waals surface area contributed by atoms with Crippen LogP contribution in [0.5, 0.6) is 11.8 Å². The van der Waals surface area contributed by atoms with Gasteiger partial charge in [-0.25, -0.2) is 14.8 Å². The molecule has 0 aliphatic carbocycles. The van der Waals surface area contributed by atoms with E-state index in [1.54, 1.807) is 39.1 Å². The van der Waals surface area contributed by atoms with Gasteiger partial charge in [0.05, 0.1) is 54.0 Å². The molecule has 250 valence electrons. The third-order valence-electron chi connectivity index (χ3n) is 7.57. The molecule has 48 heavy (non-hydrogen) atoms. The molecule has 0 bridgehead atoms. The van der Waals surface area contributed by atoms with Crippen LogP contribution in [-0.2, 0) is 16.1 Å². The van der Waals surface area contributed by atoms with Crippen molar-refractivity contribution in [3.05, 3.63) is 76.0 Å². The van der Waals surface area contributed by atoms with Crippen LogP contribution in [0.15, 0.2) is 54.7 Å². The Kier molecular flexibility index (Phi) is 10.5. The van der Waals surface area contributed by atoms with E-state index in [0.717, 1.165) is 0 Å². The summed E-state index contributed by atoms with van der Waals surface area (Å²) in [4.78, 5) is 51.7. The zero-order valence-corrected chi connectivity index (χ0v) is 28.7. The van der Waals surface area contributed by atoms with Crippen LogP contribution in [0.4, 0.5) is 4.79 Å². The maximum absolute atomic E-state index is 13.2. The SMILES string of the molecule is COc1nc(-c2cccc(-c3cccc(-c4cnc(CN(C[C@@H]5CCC(=O)N5)C(=O)OC(C)(C)C)c(OC)n4)c3Cl)c2Cl)ccc1C=O. The molecule has 0 unspecified atom stereocenters. The van der Waals surface area contributed by atoms with Crippen molar-refractivity contribution in [3.63, 3.8) is 0 Å². The predicted octanol–water partition coefficient (Wildman–Crippen LogP) is 7.02. The monoisotopic (exact) mass is 691 g/mol. The van der Waals surface area contributed by atoms with E-state index in [2.05, 4.69) is 15.3 Å². The molecule has 0 spiro atoms. The second kappa shape index (κ2) is 14.6. The fourth-order valence-corrected chi connectivity index (χ4v) is 5.97. The van der Waals surface area contributed by atoms with E-state index in [1.807, 2.05) is 36.4 Å². The van der Waals surface area contributed by atoms with Gasteiger partial charge in [-0.05, 0) is 39.3 Å². The van der Waals surface area contributed by atoms with E-state index < -0.39 is 11.7 Å². The smallest absolute Gasteiger partial charge is 0.410 e. The first kappa shape index (κ1) is 34.6. The fourth-order valence-electron chi connectivity index (χ4n) is 5.32. The molecule has 2 aromatic carbocycles. The summed E-state index contributed by atoms with van der Waals surface area (Å²) in [6, 6.07) is 14.1. The lowest BCUT2D eigenvalue weighted by Gasteiger charge is -2.29. The van der Waals surface area contributed by atoms with Gasteiger partial charge in [-0.3, -0.25) is 14.6 Å². The van der Waals surface area contributed by atoms with E-state index in [1.165, 1.54) is 19.1 Å². The quantitative estimate of drug-likeness (QED) is 0.174. The van der Waals surface area contributed by atoms with Gasteiger partial charge in [0.15, 0.2) is 6.29 Å². The van der Waals surface area contributed by atoms with Gasteiger partial charge in [-0.1, -0.05) is 59.6 Å². The number of methoxy groups -OCH3 is 2. The number of hydrogen-bond donors (Lipinski definition) is 1. The molecule has 3 heterocycles. The van der Waals surface area contributed by atoms with Crippen LogP contribution in [0.1, 0.15) is 49.7 Å². The van der Waals surface area contributed by atoms with Crippen LogP contribution in [0.25, 0.3) is 33.6 Å². The highest BCUT2D eigenvalue weighted by atomic mass is 35.5. The minimum atomic E-state index is -0.720. The minimum Gasteiger partial charge on any atom is -0.480 e. The van der Waals surface area contributed by atoms with Crippen LogP contribution in [0.3, 0.4) is 0 Å². The minimum absolute atomic E-state index is 0.0422. The number of rotatable bonds is 10. The molecule has 1 N–H and O–H groups in total. The zero-order chi connectivity index (χ0) is 34.6. The lowest BCUT2D eigenvalue weighted by atomic mass is 9.98. The predicted molar refractivity (Wildman–Crippen MR) is 182 cm³/mol. The standard InChI is InChI=1S/C35H35Cl2N5O6/c1-35(2,3)48-34(45)42(17-21-13-15-29(44)39-21)18-28-33(47-5)41-27(16-38-28)25-11-7-9-23(31(25)37)22-8-6-10-24(30(22)36)26-14-12-20(19-43)32(40-26)46-4/h6-12,14,16,19,21H,13,15,17-18H2,1-5H3,(H,39,44)/t21-/m0/s1. The van der Waals surface area contributed by atoms with E-state index in [9.17, 15) is 14.4 Å². The molecule has 2 aromatic heterocycles. The van der Waals surface area contributed by atoms with Crippen LogP contribution in [0, 0.1) is 0 Å². The summed E-state index contributed by atoms with van der Waals surface area (Å²) < 4.78 is 16.6. The van der Waals surface area contributed by atoms with Crippen molar-refractivity contribution in [2.45, 2.75) is 51.8 Å². The van der Waals surface area contributed by atoms with E-state index >= 15 is 0 Å². The number of nitrogens with zero attached hydrogens (tertiary/aromatic N) is 4. The highest BCUT2D eigenvalue weighted by Crippen LogP contribution is 2.42. The second-order valence-corrected chi connectivity index (χ2v) is 12.9. The number of nitrogens with one attached hydrogen (secondary N) is 1. The van der Waals surface area contributed by atoms with Gasteiger partial charge in [0, 0.05) is 41.3 Å². The average Bonchev–Trinajstić information content (AvgIpc) is 3.48. The lowest BCUT2D eigenvalue weighted by molar-refractivity contribution is -0.119. The molecule has 0 radical (unpaired) electrons. The van der Waals surface area contributed by atoms with Crippen LogP contribution < -0.4 is 14.8 Å². The summed E-state index contributed by atoms with van der Waals surface area (Å²) in [5.41, 5.74) is 3.50. The number of aromatic nitrogens is 3. The Morgan fingerprint density at radius 1 is 0.938 bits per heavy atom. The van der Waals surface area contributed by atoms with Crippen molar-refractivity contribution in [2.24, 2.45) is 0 Å². The highest BCUT2D eigenvalue weighted by molar-refractivity contribution is 6.39. The first-order chi connectivity index (χ1) is 22.9. The first-order valence-corrected chi connectivity index (χ1v) is 15.9. The molecule has 2 amide bonds. The van der Waals surface area contributed by atoms with E-state index in [4.69, 9.17) is 42.4 Å². The lowest BCUT2D eigenvalue weighted by Crippen LogP contribution is -2.44. The van der Waals surface area contributed by atoms with Gasteiger partial charge in [0.1, 0.15) is 11.3 Å². The van der Waals surface area contributed by atoms with E-state index in [0.29, 0.717) is 74.1 Å². The molecule has 1 saturated heterocycles. The van der Waals surface area contributed by atoms with Crippen LogP contribution >= 0.6 is 23.2 Å². The number of hydrogen-bond acceptors (Lipinski definition) is 9. The van der Waals surface area contributed by atoms with Crippen LogP contribution in [-0.4, -0.2) is 70.5 Å². The van der Waals surface area contributed by atoms with Gasteiger partial charge >= 0.3 is 6.09 Å². The highest BCUT2D eigenvalue weighted by Gasteiger charge is 2.30. The van der Waals surface area contributed by atoms with Gasteiger partial charge in [-0.2, -0.15) is 0 Å². The Hall–Kier alpha value is -4.74. The van der Waals surface area contributed by atoms with E-state index in [-0.39, 0.29) is 36.8 Å². The molecular formula is C35H35Cl2N5O6. The van der Waals surface area contributed by atoms with Crippen molar-refractivity contribution in [1.82, 2.24) is 25.2 Å². The maximum Gasteiger partial charge on any atom is 0.410 e. The number of pyridine rings is 1. The molecule has 1 aliphatic heterocycles. The number of amides is 2. The molecule has 1 fully saturated rings. The van der Waals surface area contributed by atoms with Gasteiger partial charge in [0.25, 0.3) is 0 Å². The van der Waals surface area contributed by atoms with Crippen molar-refractivity contribution in [3.8, 4) is 45.4 Å². The van der Waals surface area contributed by atoms with Gasteiger partial charge in [-0.15, -0.1) is 0 Å². The van der Waals surface area contributed by atoms with Gasteiger partial charge < -0.3 is 24.4 Å². The molecule has 5 rings (SSSR count). The number of aldehydes is 1. The third-order valence-corrected chi connectivity index (χ3v) is 8.39. The zero-order valence-electron chi connectivity index (χ0n) is 27.2. The Balaban J connectivity index is 1.47. The Morgan fingerprint density at radius 3 is 2.10 bits per heavy atom. The summed E-state index contributed by atoms with van der Waals surface area (Å²) >= 11 is 14.0. The Labute approximate surface area is 288 Å². The average molecular weight is 693 g/mol. The normalized spacial score (nSPS) is 14.3. The number of halogens is 2. The second-order valence-electron chi connectivity index (χ2n) is 12.1. The summed E-state index contributed by atoms with van der Waals surface area (Å²) in [5.74, 6) is 0.347. The molecule has 4 aromatic rings. The maximum atomic E-state index is 13.2. The first-order valence-electron chi connectivity index (χ1n) is 15.2. The summed E-state index contributed by atoms with van der Waals surface area (Å²) in [6.07, 6.45) is 2.71. The van der Waals surface area contributed by atoms with Gasteiger partial charge in [0.2, 0.25) is 17.7 Å². The molecule has 1 aliphatic rings. The number of benzene rings is 2. The van der Waals surface area contributed by atoms with Crippen molar-refractivity contribution in [2.75, 3.05) is 20.8 Å². The van der Waals surface area contributed by atoms with Crippen molar-refractivity contribution in [1.29, 1.82) is 0 Å². The molecule has 11 nitrogen and oxygen atoms in total. The number of ether oxygens (including phenoxy) is 3. The Morgan fingerprint density at radius 2 is 1.54 bits per heavy atom. The largest absolute Gasteiger partial charge is 0.480 e. The van der Waals surface area contributed by atoms with Crippen molar-refractivity contribution < 1.29 is 28.6 Å².